The summed E-state index contributed by atoms with van der Waals surface area (Å²) in [5.41, 5.74) is 3.90. The number of hydrogen-bond acceptors (Lipinski definition) is 6. The van der Waals surface area contributed by atoms with Gasteiger partial charge >= 0.3 is 6.18 Å². The molecule has 0 saturated heterocycles. The Morgan fingerprint density at radius 3 is 2.56 bits per heavy atom. The normalized spacial score (nSPS) is 14.7. The molecule has 3 aromatic rings. The van der Waals surface area contributed by atoms with Crippen molar-refractivity contribution in [3.8, 4) is 11.7 Å². The highest BCUT2D eigenvalue weighted by Gasteiger charge is 2.31. The maximum Gasteiger partial charge on any atom is 0.416 e. The van der Waals surface area contributed by atoms with Gasteiger partial charge in [0.25, 0.3) is 0 Å². The number of hydrogen-bond donors (Lipinski definition) is 1. The summed E-state index contributed by atoms with van der Waals surface area (Å²) in [6, 6.07) is 6.79. The summed E-state index contributed by atoms with van der Waals surface area (Å²) in [7, 11) is 3.31. The van der Waals surface area contributed by atoms with Crippen molar-refractivity contribution >= 4 is 16.6 Å². The molecule has 0 saturated carbocycles. The van der Waals surface area contributed by atoms with Crippen molar-refractivity contribution in [2.45, 2.75) is 6.18 Å². The zero-order chi connectivity index (χ0) is 19.2. The van der Waals surface area contributed by atoms with Crippen LogP contribution in [0.4, 0.5) is 13.2 Å². The quantitative estimate of drug-likeness (QED) is 0.758. The molecular weight excluding hydrogens is 361 g/mol. The van der Waals surface area contributed by atoms with Gasteiger partial charge in [0.15, 0.2) is 5.82 Å². The molecule has 3 heterocycles. The number of ether oxygens (including phenoxy) is 1. The van der Waals surface area contributed by atoms with Gasteiger partial charge in [-0.1, -0.05) is 0 Å². The van der Waals surface area contributed by atoms with E-state index < -0.39 is 11.7 Å². The van der Waals surface area contributed by atoms with Crippen LogP contribution in [-0.4, -0.2) is 45.5 Å². The topological polar surface area (TPSA) is 68.1 Å². The summed E-state index contributed by atoms with van der Waals surface area (Å²) >= 11 is 0. The fourth-order valence-electron chi connectivity index (χ4n) is 2.92. The lowest BCUT2D eigenvalue weighted by atomic mass is 10.2. The predicted octanol–water partition coefficient (Wildman–Crippen LogP) is 2.63. The van der Waals surface area contributed by atoms with Crippen molar-refractivity contribution in [1.82, 2.24) is 30.2 Å². The van der Waals surface area contributed by atoms with Crippen LogP contribution in [0.5, 0.6) is 5.88 Å². The molecule has 140 valence electrons. The third-order valence-electron chi connectivity index (χ3n) is 4.20. The van der Waals surface area contributed by atoms with Crippen molar-refractivity contribution in [1.29, 1.82) is 0 Å². The van der Waals surface area contributed by atoms with E-state index in [9.17, 15) is 13.2 Å². The number of methoxy groups -OCH3 is 1. The Labute approximate surface area is 152 Å². The molecule has 0 aliphatic carbocycles. The van der Waals surface area contributed by atoms with Gasteiger partial charge < -0.3 is 9.75 Å². The second-order valence-electron chi connectivity index (χ2n) is 6.01. The van der Waals surface area contributed by atoms with Crippen LogP contribution >= 0.6 is 0 Å². The molecule has 27 heavy (non-hydrogen) atoms. The average molecular weight is 376 g/mol. The molecule has 0 spiro atoms. The summed E-state index contributed by atoms with van der Waals surface area (Å²) in [5, 5.41) is 9.85. The molecule has 4 rings (SSSR count). The van der Waals surface area contributed by atoms with Crippen molar-refractivity contribution in [3.05, 3.63) is 47.9 Å². The summed E-state index contributed by atoms with van der Waals surface area (Å²) in [6.07, 6.45) is -2.61. The fourth-order valence-corrected chi connectivity index (χ4v) is 2.92. The zero-order valence-corrected chi connectivity index (χ0v) is 14.4. The van der Waals surface area contributed by atoms with Gasteiger partial charge in [-0.15, -0.1) is 10.2 Å². The Kier molecular flexibility index (Phi) is 3.99. The van der Waals surface area contributed by atoms with Gasteiger partial charge in [0.2, 0.25) is 5.88 Å². The number of fused-ring (bicyclic) bond motifs is 1. The summed E-state index contributed by atoms with van der Waals surface area (Å²) in [6.45, 7) is 0.496. The second kappa shape index (κ2) is 6.23. The minimum Gasteiger partial charge on any atom is -0.480 e. The molecule has 0 unspecified atom stereocenters. The minimum atomic E-state index is -4.44. The van der Waals surface area contributed by atoms with Gasteiger partial charge in [0, 0.05) is 31.4 Å². The van der Waals surface area contributed by atoms with Crippen LogP contribution in [0.15, 0.2) is 36.5 Å². The van der Waals surface area contributed by atoms with Gasteiger partial charge in [-0.05, 0) is 24.3 Å². The van der Waals surface area contributed by atoms with E-state index >= 15 is 0 Å². The smallest absolute Gasteiger partial charge is 0.416 e. The lowest BCUT2D eigenvalue weighted by Crippen LogP contribution is -2.23. The molecule has 1 aliphatic rings. The first-order valence-electron chi connectivity index (χ1n) is 8.02. The van der Waals surface area contributed by atoms with Gasteiger partial charge in [-0.2, -0.15) is 13.2 Å². The SMILES string of the molecule is COc1ccc(-n2c(C3=CN(C)NC3)nc3cc(C(F)(F)F)ccc32)nn1. The largest absolute Gasteiger partial charge is 0.480 e. The molecule has 7 nitrogen and oxygen atoms in total. The van der Waals surface area contributed by atoms with Crippen LogP contribution in [0.3, 0.4) is 0 Å². The number of nitrogens with zero attached hydrogens (tertiary/aromatic N) is 5. The van der Waals surface area contributed by atoms with E-state index in [0.717, 1.165) is 17.7 Å². The number of benzene rings is 1. The molecular formula is C17H15F3N6O. The highest BCUT2D eigenvalue weighted by molar-refractivity contribution is 5.83. The van der Waals surface area contributed by atoms with Crippen LogP contribution in [0.1, 0.15) is 11.4 Å². The third kappa shape index (κ3) is 3.08. The Morgan fingerprint density at radius 2 is 1.96 bits per heavy atom. The molecule has 10 heteroatoms. The monoisotopic (exact) mass is 376 g/mol. The van der Waals surface area contributed by atoms with E-state index in [1.54, 1.807) is 21.7 Å². The number of nitrogens with one attached hydrogen (secondary N) is 1. The lowest BCUT2D eigenvalue weighted by Gasteiger charge is -2.09. The Balaban J connectivity index is 1.94. The lowest BCUT2D eigenvalue weighted by molar-refractivity contribution is -0.137. The van der Waals surface area contributed by atoms with E-state index in [0.29, 0.717) is 29.6 Å². The van der Waals surface area contributed by atoms with Gasteiger partial charge in [-0.25, -0.2) is 10.4 Å². The van der Waals surface area contributed by atoms with E-state index in [4.69, 9.17) is 4.74 Å². The number of hydrazine groups is 1. The first-order valence-corrected chi connectivity index (χ1v) is 8.02. The Bertz CT molecular complexity index is 1030. The predicted molar refractivity (Wildman–Crippen MR) is 92.0 cm³/mol. The standard InChI is InChI=1S/C17H15F3N6O/c1-25-9-10(8-21-25)16-22-12-7-11(17(18,19)20)3-4-13(12)26(16)14-5-6-15(27-2)24-23-14/h3-7,9,21H,8H2,1-2H3. The molecule has 0 fully saturated rings. The maximum absolute atomic E-state index is 13.1. The number of aromatic nitrogens is 4. The first kappa shape index (κ1) is 17.3. The third-order valence-corrected chi connectivity index (χ3v) is 4.20. The van der Waals surface area contributed by atoms with Crippen LogP contribution in [0, 0.1) is 0 Å². The highest BCUT2D eigenvalue weighted by atomic mass is 19.4. The van der Waals surface area contributed by atoms with Crippen molar-refractivity contribution in [3.63, 3.8) is 0 Å². The van der Waals surface area contributed by atoms with E-state index in [-0.39, 0.29) is 5.52 Å². The molecule has 0 radical (unpaired) electrons. The number of rotatable bonds is 3. The first-order chi connectivity index (χ1) is 12.9. The van der Waals surface area contributed by atoms with E-state index in [1.807, 2.05) is 13.2 Å². The summed E-state index contributed by atoms with van der Waals surface area (Å²) in [4.78, 5) is 4.45. The van der Waals surface area contributed by atoms with Crippen LogP contribution < -0.4 is 10.2 Å². The van der Waals surface area contributed by atoms with Crippen LogP contribution in [-0.2, 0) is 6.18 Å². The maximum atomic E-state index is 13.1. The molecule has 0 amide bonds. The van der Waals surface area contributed by atoms with Crippen LogP contribution in [0.25, 0.3) is 22.4 Å². The van der Waals surface area contributed by atoms with Gasteiger partial charge in [-0.3, -0.25) is 4.57 Å². The Morgan fingerprint density at radius 1 is 1.15 bits per heavy atom. The number of alkyl halides is 3. The van der Waals surface area contributed by atoms with Crippen molar-refractivity contribution < 1.29 is 17.9 Å². The molecule has 0 bridgehead atoms. The number of halogens is 3. The van der Waals surface area contributed by atoms with E-state index in [1.165, 1.54) is 13.2 Å². The summed E-state index contributed by atoms with van der Waals surface area (Å²) < 4.78 is 46.0. The molecule has 1 aromatic carbocycles. The zero-order valence-electron chi connectivity index (χ0n) is 14.4. The van der Waals surface area contributed by atoms with E-state index in [2.05, 4.69) is 20.6 Å². The van der Waals surface area contributed by atoms with Crippen molar-refractivity contribution in [2.24, 2.45) is 0 Å². The van der Waals surface area contributed by atoms with Crippen molar-refractivity contribution in [2.75, 3.05) is 20.7 Å². The molecule has 2 aromatic heterocycles. The van der Waals surface area contributed by atoms with Crippen LogP contribution in [0.2, 0.25) is 0 Å². The molecule has 1 aliphatic heterocycles. The van der Waals surface area contributed by atoms with Gasteiger partial charge in [0.05, 0.1) is 23.7 Å². The average Bonchev–Trinajstić information content (AvgIpc) is 3.23. The Hall–Kier alpha value is -3.14. The van der Waals surface area contributed by atoms with Gasteiger partial charge in [0.1, 0.15) is 5.82 Å². The summed E-state index contributed by atoms with van der Waals surface area (Å²) in [5.74, 6) is 1.27. The molecule has 0 atom stereocenters. The second-order valence-corrected chi connectivity index (χ2v) is 6.01. The minimum absolute atomic E-state index is 0.230. The number of imidazole rings is 1. The molecule has 1 N–H and O–H groups in total. The highest BCUT2D eigenvalue weighted by Crippen LogP contribution is 2.33. The fraction of sp³-hybridized carbons (Fsp3) is 0.235.